The van der Waals surface area contributed by atoms with E-state index in [0.717, 1.165) is 0 Å². The Morgan fingerprint density at radius 2 is 2.15 bits per heavy atom. The van der Waals surface area contributed by atoms with E-state index in [-0.39, 0.29) is 42.2 Å². The van der Waals surface area contributed by atoms with Crippen molar-refractivity contribution in [3.63, 3.8) is 0 Å². The first kappa shape index (κ1) is 23.6. The molecule has 1 saturated heterocycles. The summed E-state index contributed by atoms with van der Waals surface area (Å²) in [6.45, 7) is -0.0676. The standard InChI is InChI=1S/C22H23ClFN7O3/c1-26-15-5-11(23)3-4-13(15)18(25)16-7-28-20-19(29-16)14(6-27-20)21(32)30-17(10-34-2)22(33)31-8-12(24)9-31/h3-7,12,17,25-26H,8-10H2,1-2H3,(H,27,28)(H,30,32)/t17-/m1/s1. The van der Waals surface area contributed by atoms with Gasteiger partial charge in [-0.2, -0.15) is 0 Å². The van der Waals surface area contributed by atoms with Gasteiger partial charge in [0.15, 0.2) is 5.65 Å². The highest BCUT2D eigenvalue weighted by atomic mass is 35.5. The summed E-state index contributed by atoms with van der Waals surface area (Å²) in [4.78, 5) is 38.6. The Morgan fingerprint density at radius 1 is 1.38 bits per heavy atom. The van der Waals surface area contributed by atoms with Crippen LogP contribution in [0.2, 0.25) is 5.02 Å². The number of rotatable bonds is 8. The zero-order valence-electron chi connectivity index (χ0n) is 18.5. The van der Waals surface area contributed by atoms with Gasteiger partial charge in [0, 0.05) is 36.6 Å². The van der Waals surface area contributed by atoms with Crippen LogP contribution < -0.4 is 10.6 Å². The SMILES string of the molecule is CNc1cc(Cl)ccc1C(=N)c1cnc2[nH]cc(C(=O)N[C@H](COC)C(=O)N3CC(F)C3)c2n1. The minimum atomic E-state index is -1.05. The quantitative estimate of drug-likeness (QED) is 0.359. The molecule has 2 amide bonds. The third-order valence-corrected chi connectivity index (χ3v) is 5.72. The number of aromatic nitrogens is 3. The van der Waals surface area contributed by atoms with Crippen molar-refractivity contribution in [1.82, 2.24) is 25.2 Å². The molecule has 0 aliphatic carbocycles. The second-order valence-corrected chi connectivity index (χ2v) is 8.23. The van der Waals surface area contributed by atoms with Crippen molar-refractivity contribution in [3.8, 4) is 0 Å². The van der Waals surface area contributed by atoms with Crippen molar-refractivity contribution in [3.05, 3.63) is 52.4 Å². The van der Waals surface area contributed by atoms with Crippen molar-refractivity contribution in [2.45, 2.75) is 12.2 Å². The number of alkyl halides is 1. The monoisotopic (exact) mass is 487 g/mol. The van der Waals surface area contributed by atoms with E-state index in [2.05, 4.69) is 25.6 Å². The average Bonchev–Trinajstić information content (AvgIpc) is 3.24. The second kappa shape index (κ2) is 9.74. The number of hydrogen-bond donors (Lipinski definition) is 4. The van der Waals surface area contributed by atoms with E-state index in [0.29, 0.717) is 21.9 Å². The van der Waals surface area contributed by atoms with Crippen LogP contribution in [0.15, 0.2) is 30.6 Å². The Hall–Kier alpha value is -3.57. The number of fused-ring (bicyclic) bond motifs is 1. The molecule has 10 nitrogen and oxygen atoms in total. The molecule has 1 aliphatic rings. The Labute approximate surface area is 199 Å². The van der Waals surface area contributed by atoms with Gasteiger partial charge in [-0.3, -0.25) is 15.0 Å². The lowest BCUT2D eigenvalue weighted by molar-refractivity contribution is -0.141. The highest BCUT2D eigenvalue weighted by molar-refractivity contribution is 6.31. The van der Waals surface area contributed by atoms with Crippen LogP contribution in [-0.4, -0.2) is 83.4 Å². The molecular formula is C22H23ClFN7O3. The van der Waals surface area contributed by atoms with Gasteiger partial charge in [0.2, 0.25) is 5.91 Å². The summed E-state index contributed by atoms with van der Waals surface area (Å²) < 4.78 is 18.2. The van der Waals surface area contributed by atoms with Gasteiger partial charge in [0.05, 0.1) is 37.2 Å². The number of carbonyl (C=O) groups excluding carboxylic acids is 2. The van der Waals surface area contributed by atoms with Crippen LogP contribution in [0.1, 0.15) is 21.6 Å². The molecule has 1 aliphatic heterocycles. The molecule has 2 aromatic heterocycles. The summed E-state index contributed by atoms with van der Waals surface area (Å²) in [5, 5.41) is 14.8. The fraction of sp³-hybridized carbons (Fsp3) is 0.318. The largest absolute Gasteiger partial charge is 0.388 e. The Balaban J connectivity index is 1.60. The van der Waals surface area contributed by atoms with Gasteiger partial charge in [-0.15, -0.1) is 0 Å². The van der Waals surface area contributed by atoms with Crippen molar-refractivity contribution in [2.24, 2.45) is 0 Å². The van der Waals surface area contributed by atoms with Crippen molar-refractivity contribution >= 4 is 46.0 Å². The third-order valence-electron chi connectivity index (χ3n) is 5.49. The summed E-state index contributed by atoms with van der Waals surface area (Å²) in [5.41, 5.74) is 2.30. The molecule has 0 radical (unpaired) electrons. The number of ether oxygens (including phenoxy) is 1. The molecule has 0 saturated carbocycles. The first-order chi connectivity index (χ1) is 16.3. The average molecular weight is 488 g/mol. The lowest BCUT2D eigenvalue weighted by Crippen LogP contribution is -2.59. The van der Waals surface area contributed by atoms with E-state index in [1.165, 1.54) is 24.4 Å². The highest BCUT2D eigenvalue weighted by Gasteiger charge is 2.35. The number of methoxy groups -OCH3 is 1. The van der Waals surface area contributed by atoms with Gasteiger partial charge >= 0.3 is 0 Å². The molecular weight excluding hydrogens is 465 g/mol. The Bertz CT molecular complexity index is 1260. The number of amides is 2. The van der Waals surface area contributed by atoms with E-state index in [4.69, 9.17) is 21.7 Å². The summed E-state index contributed by atoms with van der Waals surface area (Å²) in [5.74, 6) is -0.987. The predicted octanol–water partition coefficient (Wildman–Crippen LogP) is 1.99. The zero-order chi connectivity index (χ0) is 24.4. The van der Waals surface area contributed by atoms with Gasteiger partial charge in [0.25, 0.3) is 5.91 Å². The number of carbonyl (C=O) groups is 2. The van der Waals surface area contributed by atoms with Crippen LogP contribution in [0.5, 0.6) is 0 Å². The molecule has 12 heteroatoms. The van der Waals surface area contributed by atoms with Gasteiger partial charge in [0.1, 0.15) is 23.4 Å². The van der Waals surface area contributed by atoms with E-state index in [9.17, 15) is 14.0 Å². The molecule has 3 aromatic rings. The van der Waals surface area contributed by atoms with Crippen molar-refractivity contribution < 1.29 is 18.7 Å². The van der Waals surface area contributed by atoms with Crippen molar-refractivity contribution in [1.29, 1.82) is 5.41 Å². The maximum absolute atomic E-state index is 13.2. The molecule has 178 valence electrons. The van der Waals surface area contributed by atoms with Crippen LogP contribution in [0.4, 0.5) is 10.1 Å². The number of anilines is 1. The lowest BCUT2D eigenvalue weighted by Gasteiger charge is -2.36. The molecule has 4 N–H and O–H groups in total. The number of benzene rings is 1. The van der Waals surface area contributed by atoms with E-state index >= 15 is 0 Å². The summed E-state index contributed by atoms with van der Waals surface area (Å²) >= 11 is 6.05. The third kappa shape index (κ3) is 4.57. The van der Waals surface area contributed by atoms with Gasteiger partial charge in [-0.05, 0) is 18.2 Å². The maximum Gasteiger partial charge on any atom is 0.255 e. The number of nitrogens with one attached hydrogen (secondary N) is 4. The smallest absolute Gasteiger partial charge is 0.255 e. The first-order valence-corrected chi connectivity index (χ1v) is 10.8. The fourth-order valence-electron chi connectivity index (χ4n) is 3.67. The number of H-pyrrole nitrogens is 1. The molecule has 4 rings (SSSR count). The normalized spacial score (nSPS) is 14.5. The van der Waals surface area contributed by atoms with Crippen LogP contribution in [0.3, 0.4) is 0 Å². The molecule has 0 bridgehead atoms. The molecule has 1 fully saturated rings. The number of halogens is 2. The molecule has 0 spiro atoms. The van der Waals surface area contributed by atoms with Crippen LogP contribution in [0.25, 0.3) is 11.2 Å². The van der Waals surface area contributed by atoms with E-state index in [1.807, 2.05) is 0 Å². The van der Waals surface area contributed by atoms with Gasteiger partial charge in [-0.25, -0.2) is 14.4 Å². The van der Waals surface area contributed by atoms with Gasteiger partial charge in [-0.1, -0.05) is 11.6 Å². The summed E-state index contributed by atoms with van der Waals surface area (Å²) in [6, 6.07) is 4.09. The highest BCUT2D eigenvalue weighted by Crippen LogP contribution is 2.24. The van der Waals surface area contributed by atoms with E-state index < -0.39 is 24.0 Å². The molecule has 0 unspecified atom stereocenters. The summed E-state index contributed by atoms with van der Waals surface area (Å²) in [6.07, 6.45) is 1.82. The van der Waals surface area contributed by atoms with E-state index in [1.54, 1.807) is 25.2 Å². The number of nitrogens with zero attached hydrogens (tertiary/aromatic N) is 3. The van der Waals surface area contributed by atoms with Gasteiger partial charge < -0.3 is 25.3 Å². The minimum absolute atomic E-state index is 0.00173. The molecule has 1 aromatic carbocycles. The predicted molar refractivity (Wildman–Crippen MR) is 125 cm³/mol. The topological polar surface area (TPSA) is 136 Å². The summed E-state index contributed by atoms with van der Waals surface area (Å²) in [7, 11) is 3.13. The second-order valence-electron chi connectivity index (χ2n) is 7.79. The number of likely N-dealkylation sites (tertiary alicyclic amines) is 1. The van der Waals surface area contributed by atoms with Crippen LogP contribution in [-0.2, 0) is 9.53 Å². The van der Waals surface area contributed by atoms with Crippen LogP contribution in [0, 0.1) is 5.41 Å². The van der Waals surface area contributed by atoms with Crippen molar-refractivity contribution in [2.75, 3.05) is 39.2 Å². The molecule has 34 heavy (non-hydrogen) atoms. The van der Waals surface area contributed by atoms with Crippen LogP contribution >= 0.6 is 11.6 Å². The minimum Gasteiger partial charge on any atom is -0.388 e. The lowest BCUT2D eigenvalue weighted by atomic mass is 10.1. The Kier molecular flexibility index (Phi) is 6.75. The maximum atomic E-state index is 13.2. The zero-order valence-corrected chi connectivity index (χ0v) is 19.2. The number of aromatic amines is 1. The number of hydrogen-bond acceptors (Lipinski definition) is 7. The first-order valence-electron chi connectivity index (χ1n) is 10.5. The molecule has 1 atom stereocenters. The fourth-order valence-corrected chi connectivity index (χ4v) is 3.84. The Morgan fingerprint density at radius 3 is 2.82 bits per heavy atom. The molecule has 3 heterocycles.